The van der Waals surface area contributed by atoms with Gasteiger partial charge in [-0.2, -0.15) is 0 Å². The van der Waals surface area contributed by atoms with E-state index in [-0.39, 0.29) is 11.3 Å². The lowest BCUT2D eigenvalue weighted by Gasteiger charge is -2.45. The second-order valence-corrected chi connectivity index (χ2v) is 10.2. The quantitative estimate of drug-likeness (QED) is 0.575. The molecule has 0 bridgehead atoms. The number of amides is 1. The molecular formula is C28H41N3O2. The molecule has 1 aliphatic rings. The fraction of sp³-hybridized carbons (Fsp3) is 0.536. The smallest absolute Gasteiger partial charge is 0.236 e. The van der Waals surface area contributed by atoms with Crippen molar-refractivity contribution in [1.82, 2.24) is 15.1 Å². The molecule has 2 aromatic rings. The van der Waals surface area contributed by atoms with E-state index in [1.807, 2.05) is 12.1 Å². The highest BCUT2D eigenvalue weighted by atomic mass is 16.3. The van der Waals surface area contributed by atoms with Crippen LogP contribution < -0.4 is 5.32 Å². The van der Waals surface area contributed by atoms with Crippen molar-refractivity contribution >= 4 is 5.91 Å². The Morgan fingerprint density at radius 2 is 1.97 bits per heavy atom. The second kappa shape index (κ2) is 11.7. The van der Waals surface area contributed by atoms with Crippen molar-refractivity contribution in [2.24, 2.45) is 11.8 Å². The van der Waals surface area contributed by atoms with Crippen LogP contribution in [0.15, 0.2) is 54.6 Å². The van der Waals surface area contributed by atoms with Crippen LogP contribution in [0.5, 0.6) is 5.75 Å². The number of phenols is 1. The van der Waals surface area contributed by atoms with Gasteiger partial charge in [-0.05, 0) is 79.4 Å². The third kappa shape index (κ3) is 7.05. The van der Waals surface area contributed by atoms with E-state index in [4.69, 9.17) is 0 Å². The molecule has 2 aromatic carbocycles. The average Bonchev–Trinajstić information content (AvgIpc) is 2.80. The topological polar surface area (TPSA) is 55.8 Å². The molecule has 1 fully saturated rings. The number of rotatable bonds is 10. The molecule has 3 atom stereocenters. The Hall–Kier alpha value is -2.37. The predicted octanol–water partition coefficient (Wildman–Crippen LogP) is 3.92. The van der Waals surface area contributed by atoms with Gasteiger partial charge in [0.15, 0.2) is 0 Å². The molecule has 0 aliphatic carbocycles. The minimum atomic E-state index is 0.0901. The van der Waals surface area contributed by atoms with Crippen molar-refractivity contribution in [1.29, 1.82) is 0 Å². The summed E-state index contributed by atoms with van der Waals surface area (Å²) in [7, 11) is 3.60. The summed E-state index contributed by atoms with van der Waals surface area (Å²) in [6.45, 7) is 9.12. The summed E-state index contributed by atoms with van der Waals surface area (Å²) < 4.78 is 0. The predicted molar refractivity (Wildman–Crippen MR) is 135 cm³/mol. The number of aromatic hydroxyl groups is 1. The molecule has 180 valence electrons. The van der Waals surface area contributed by atoms with Gasteiger partial charge in [-0.25, -0.2) is 0 Å². The highest BCUT2D eigenvalue weighted by molar-refractivity contribution is 5.77. The second-order valence-electron chi connectivity index (χ2n) is 10.2. The zero-order valence-electron chi connectivity index (χ0n) is 20.8. The van der Waals surface area contributed by atoms with Crippen LogP contribution in [0.3, 0.4) is 0 Å². The van der Waals surface area contributed by atoms with Crippen LogP contribution >= 0.6 is 0 Å². The molecule has 0 spiro atoms. The fourth-order valence-electron chi connectivity index (χ4n) is 4.94. The lowest BCUT2D eigenvalue weighted by atomic mass is 9.68. The highest BCUT2D eigenvalue weighted by Gasteiger charge is 2.38. The fourth-order valence-corrected chi connectivity index (χ4v) is 4.94. The number of likely N-dealkylation sites (N-methyl/N-ethyl adjacent to an activating group) is 1. The molecule has 1 aliphatic heterocycles. The molecule has 1 amide bonds. The summed E-state index contributed by atoms with van der Waals surface area (Å²) in [5.74, 6) is 1.46. The van der Waals surface area contributed by atoms with Crippen molar-refractivity contribution in [3.05, 3.63) is 65.7 Å². The number of hydrogen-bond acceptors (Lipinski definition) is 4. The van der Waals surface area contributed by atoms with Crippen LogP contribution in [0.4, 0.5) is 0 Å². The Kier molecular flexibility index (Phi) is 8.93. The third-order valence-corrected chi connectivity index (χ3v) is 7.50. The Morgan fingerprint density at radius 1 is 1.21 bits per heavy atom. The van der Waals surface area contributed by atoms with Crippen molar-refractivity contribution in [3.8, 4) is 5.75 Å². The van der Waals surface area contributed by atoms with Crippen molar-refractivity contribution in [3.63, 3.8) is 0 Å². The van der Waals surface area contributed by atoms with Crippen LogP contribution in [0.1, 0.15) is 37.8 Å². The van der Waals surface area contributed by atoms with E-state index in [1.54, 1.807) is 25.1 Å². The van der Waals surface area contributed by atoms with Crippen LogP contribution in [0.2, 0.25) is 0 Å². The number of carbonyl (C=O) groups excluding carboxylic acids is 1. The Bertz CT molecular complexity index is 886. The molecular weight excluding hydrogens is 410 g/mol. The molecule has 3 unspecified atom stereocenters. The molecule has 33 heavy (non-hydrogen) atoms. The van der Waals surface area contributed by atoms with E-state index in [0.29, 0.717) is 24.1 Å². The minimum absolute atomic E-state index is 0.0901. The molecule has 0 radical (unpaired) electrons. The zero-order valence-corrected chi connectivity index (χ0v) is 20.8. The van der Waals surface area contributed by atoms with E-state index in [1.165, 1.54) is 11.1 Å². The van der Waals surface area contributed by atoms with E-state index in [0.717, 1.165) is 45.4 Å². The van der Waals surface area contributed by atoms with Gasteiger partial charge in [0.2, 0.25) is 5.91 Å². The number of benzene rings is 2. The third-order valence-electron chi connectivity index (χ3n) is 7.50. The number of phenolic OH excluding ortho intramolecular Hbond substituents is 1. The molecule has 5 heteroatoms. The van der Waals surface area contributed by atoms with E-state index < -0.39 is 0 Å². The maximum atomic E-state index is 12.0. The van der Waals surface area contributed by atoms with Gasteiger partial charge in [0.05, 0.1) is 6.54 Å². The first-order valence-electron chi connectivity index (χ1n) is 12.2. The standard InChI is InChI=1S/C28H41N3O2/c1-22-21-31(16-14-28(22,2)25-11-8-12-26(32)18-25)15-13-24(17-23-9-6-5-7-10-23)19-29-20-27(33)30(3)4/h5-12,18,22,24,29,32H,13-17,19-21H2,1-4H3. The number of piperidine rings is 1. The Labute approximate surface area is 199 Å². The normalized spacial score (nSPS) is 22.1. The SMILES string of the molecule is CC1CN(CCC(CNCC(=O)N(C)C)Cc2ccccc2)CCC1(C)c1cccc(O)c1. The van der Waals surface area contributed by atoms with Gasteiger partial charge >= 0.3 is 0 Å². The summed E-state index contributed by atoms with van der Waals surface area (Å²) in [6, 6.07) is 18.4. The summed E-state index contributed by atoms with van der Waals surface area (Å²) in [4.78, 5) is 16.2. The van der Waals surface area contributed by atoms with Crippen LogP contribution in [0.25, 0.3) is 0 Å². The summed E-state index contributed by atoms with van der Waals surface area (Å²) in [6.07, 6.45) is 3.22. The minimum Gasteiger partial charge on any atom is -0.508 e. The molecule has 3 rings (SSSR count). The van der Waals surface area contributed by atoms with Gasteiger partial charge in [0.25, 0.3) is 0 Å². The molecule has 1 heterocycles. The van der Waals surface area contributed by atoms with Gasteiger partial charge in [0.1, 0.15) is 5.75 Å². The van der Waals surface area contributed by atoms with Crippen molar-refractivity contribution < 1.29 is 9.90 Å². The first kappa shape index (κ1) is 25.3. The number of carbonyl (C=O) groups is 1. The maximum Gasteiger partial charge on any atom is 0.236 e. The van der Waals surface area contributed by atoms with Gasteiger partial charge in [-0.3, -0.25) is 4.79 Å². The van der Waals surface area contributed by atoms with Gasteiger partial charge < -0.3 is 20.2 Å². The van der Waals surface area contributed by atoms with E-state index >= 15 is 0 Å². The summed E-state index contributed by atoms with van der Waals surface area (Å²) >= 11 is 0. The molecule has 0 saturated carbocycles. The van der Waals surface area contributed by atoms with Crippen LogP contribution in [-0.2, 0) is 16.6 Å². The Morgan fingerprint density at radius 3 is 2.64 bits per heavy atom. The monoisotopic (exact) mass is 451 g/mol. The zero-order chi connectivity index (χ0) is 23.8. The number of likely N-dealkylation sites (tertiary alicyclic amines) is 1. The molecule has 2 N–H and O–H groups in total. The molecule has 1 saturated heterocycles. The van der Waals surface area contributed by atoms with Crippen LogP contribution in [0, 0.1) is 11.8 Å². The largest absolute Gasteiger partial charge is 0.508 e. The average molecular weight is 452 g/mol. The van der Waals surface area contributed by atoms with Crippen LogP contribution in [-0.4, -0.2) is 67.6 Å². The summed E-state index contributed by atoms with van der Waals surface area (Å²) in [5.41, 5.74) is 2.69. The number of nitrogens with zero attached hydrogens (tertiary/aromatic N) is 2. The summed E-state index contributed by atoms with van der Waals surface area (Å²) in [5, 5.41) is 13.3. The Balaban J connectivity index is 1.56. The number of hydrogen-bond donors (Lipinski definition) is 2. The maximum absolute atomic E-state index is 12.0. The first-order chi connectivity index (χ1) is 15.8. The molecule has 0 aromatic heterocycles. The lowest BCUT2D eigenvalue weighted by Crippen LogP contribution is -2.48. The molecule has 5 nitrogen and oxygen atoms in total. The van der Waals surface area contributed by atoms with E-state index in [9.17, 15) is 9.90 Å². The number of nitrogens with one attached hydrogen (secondary N) is 1. The highest BCUT2D eigenvalue weighted by Crippen LogP contribution is 2.40. The van der Waals surface area contributed by atoms with Crippen molar-refractivity contribution in [2.75, 3.05) is 46.8 Å². The first-order valence-corrected chi connectivity index (χ1v) is 12.2. The van der Waals surface area contributed by atoms with E-state index in [2.05, 4.69) is 60.5 Å². The van der Waals surface area contributed by atoms with Crippen molar-refractivity contribution in [2.45, 2.75) is 38.5 Å². The van der Waals surface area contributed by atoms with Gasteiger partial charge in [0, 0.05) is 20.6 Å². The lowest BCUT2D eigenvalue weighted by molar-refractivity contribution is -0.127. The van der Waals surface area contributed by atoms with Gasteiger partial charge in [-0.15, -0.1) is 0 Å². The van der Waals surface area contributed by atoms with Gasteiger partial charge in [-0.1, -0.05) is 56.3 Å².